The number of carbonyl (C=O) groups is 1. The summed E-state index contributed by atoms with van der Waals surface area (Å²) in [5.41, 5.74) is 7.30. The second-order valence-electron chi connectivity index (χ2n) is 4.01. The molecule has 4 heteroatoms. The smallest absolute Gasteiger partial charge is 0.159 e. The van der Waals surface area contributed by atoms with Gasteiger partial charge in [0, 0.05) is 16.9 Å². The standard InChI is InChI=1S/C14H21NO2S/c1-3-17-14-6-5-12(11(2)16)9-13(14)10-18-8-4-7-15/h5-6,9H,3-4,7-8,10,15H2,1-2H3. The fourth-order valence-electron chi connectivity index (χ4n) is 1.58. The van der Waals surface area contributed by atoms with E-state index in [0.29, 0.717) is 6.61 Å². The average molecular weight is 267 g/mol. The Labute approximate surface area is 113 Å². The highest BCUT2D eigenvalue weighted by molar-refractivity contribution is 7.98. The van der Waals surface area contributed by atoms with Gasteiger partial charge in [-0.3, -0.25) is 4.79 Å². The maximum Gasteiger partial charge on any atom is 0.159 e. The predicted molar refractivity (Wildman–Crippen MR) is 77.4 cm³/mol. The molecule has 0 radical (unpaired) electrons. The first-order valence-electron chi connectivity index (χ1n) is 6.23. The van der Waals surface area contributed by atoms with Crippen LogP contribution < -0.4 is 10.5 Å². The Hall–Kier alpha value is -1.00. The third kappa shape index (κ3) is 4.70. The topological polar surface area (TPSA) is 52.3 Å². The van der Waals surface area contributed by atoms with Crippen molar-refractivity contribution in [1.82, 2.24) is 0 Å². The van der Waals surface area contributed by atoms with Crippen molar-refractivity contribution in [2.24, 2.45) is 5.73 Å². The molecular formula is C14H21NO2S. The lowest BCUT2D eigenvalue weighted by Gasteiger charge is -2.11. The largest absolute Gasteiger partial charge is 0.494 e. The van der Waals surface area contributed by atoms with Crippen LogP contribution >= 0.6 is 11.8 Å². The van der Waals surface area contributed by atoms with Crippen LogP contribution in [0.1, 0.15) is 36.2 Å². The SMILES string of the molecule is CCOc1ccc(C(C)=O)cc1CSCCCN. The van der Waals surface area contributed by atoms with Crippen molar-refractivity contribution < 1.29 is 9.53 Å². The summed E-state index contributed by atoms with van der Waals surface area (Å²) in [5.74, 6) is 2.86. The Morgan fingerprint density at radius 3 is 2.83 bits per heavy atom. The molecule has 3 nitrogen and oxygen atoms in total. The lowest BCUT2D eigenvalue weighted by Crippen LogP contribution is -2.01. The fourth-order valence-corrected chi connectivity index (χ4v) is 2.54. The van der Waals surface area contributed by atoms with E-state index in [1.54, 1.807) is 6.92 Å². The van der Waals surface area contributed by atoms with Gasteiger partial charge in [-0.05, 0) is 50.8 Å². The van der Waals surface area contributed by atoms with E-state index in [9.17, 15) is 4.79 Å². The molecule has 2 N–H and O–H groups in total. The molecule has 1 aromatic rings. The van der Waals surface area contributed by atoms with Crippen LogP contribution in [-0.2, 0) is 5.75 Å². The van der Waals surface area contributed by atoms with E-state index < -0.39 is 0 Å². The molecule has 0 aliphatic rings. The molecule has 0 amide bonds. The van der Waals surface area contributed by atoms with Gasteiger partial charge in [0.15, 0.2) is 5.78 Å². The number of thioether (sulfide) groups is 1. The Bertz CT molecular complexity index is 393. The van der Waals surface area contributed by atoms with Crippen molar-refractivity contribution in [3.05, 3.63) is 29.3 Å². The van der Waals surface area contributed by atoms with Crippen LogP contribution in [0.2, 0.25) is 0 Å². The molecular weight excluding hydrogens is 246 g/mol. The number of hydrogen-bond acceptors (Lipinski definition) is 4. The molecule has 0 aromatic heterocycles. The fraction of sp³-hybridized carbons (Fsp3) is 0.500. The van der Waals surface area contributed by atoms with Crippen LogP contribution in [0.25, 0.3) is 0 Å². The Balaban J connectivity index is 2.75. The molecule has 0 bridgehead atoms. The number of Topliss-reactive ketones (excluding diaryl/α,β-unsaturated/α-hetero) is 1. The van der Waals surface area contributed by atoms with Crippen LogP contribution in [-0.4, -0.2) is 24.7 Å². The first kappa shape index (κ1) is 15.1. The molecule has 18 heavy (non-hydrogen) atoms. The van der Waals surface area contributed by atoms with E-state index in [-0.39, 0.29) is 5.78 Å². The monoisotopic (exact) mass is 267 g/mol. The van der Waals surface area contributed by atoms with Gasteiger partial charge >= 0.3 is 0 Å². The normalized spacial score (nSPS) is 10.4. The van der Waals surface area contributed by atoms with Gasteiger partial charge in [-0.15, -0.1) is 0 Å². The van der Waals surface area contributed by atoms with E-state index in [1.807, 2.05) is 36.9 Å². The van der Waals surface area contributed by atoms with Gasteiger partial charge in [0.25, 0.3) is 0 Å². The molecule has 0 aliphatic carbocycles. The van der Waals surface area contributed by atoms with Crippen LogP contribution in [0.3, 0.4) is 0 Å². The third-order valence-electron chi connectivity index (χ3n) is 2.52. The first-order chi connectivity index (χ1) is 8.69. The van der Waals surface area contributed by atoms with Gasteiger partial charge < -0.3 is 10.5 Å². The molecule has 0 spiro atoms. The summed E-state index contributed by atoms with van der Waals surface area (Å²) in [5, 5.41) is 0. The van der Waals surface area contributed by atoms with Crippen molar-refractivity contribution in [2.45, 2.75) is 26.0 Å². The third-order valence-corrected chi connectivity index (χ3v) is 3.61. The molecule has 100 valence electrons. The summed E-state index contributed by atoms with van der Waals surface area (Å²) in [6.07, 6.45) is 1.01. The van der Waals surface area contributed by atoms with Gasteiger partial charge in [0.1, 0.15) is 5.75 Å². The maximum atomic E-state index is 11.4. The molecule has 0 aliphatic heterocycles. The molecule has 1 rings (SSSR count). The minimum absolute atomic E-state index is 0.0891. The van der Waals surface area contributed by atoms with Crippen molar-refractivity contribution >= 4 is 17.5 Å². The van der Waals surface area contributed by atoms with Crippen LogP contribution in [0, 0.1) is 0 Å². The summed E-state index contributed by atoms with van der Waals surface area (Å²) in [4.78, 5) is 11.4. The van der Waals surface area contributed by atoms with Gasteiger partial charge in [0.2, 0.25) is 0 Å². The van der Waals surface area contributed by atoms with Crippen molar-refractivity contribution in [1.29, 1.82) is 0 Å². The molecule has 1 aromatic carbocycles. The second-order valence-corrected chi connectivity index (χ2v) is 5.11. The molecule has 0 fully saturated rings. The predicted octanol–water partition coefficient (Wildman–Crippen LogP) is 2.87. The number of rotatable bonds is 8. The molecule has 0 saturated heterocycles. The van der Waals surface area contributed by atoms with Crippen molar-refractivity contribution in [3.8, 4) is 5.75 Å². The molecule has 0 unspecified atom stereocenters. The van der Waals surface area contributed by atoms with Crippen LogP contribution in [0.15, 0.2) is 18.2 Å². The van der Waals surface area contributed by atoms with Gasteiger partial charge in [-0.1, -0.05) is 0 Å². The van der Waals surface area contributed by atoms with E-state index >= 15 is 0 Å². The van der Waals surface area contributed by atoms with E-state index in [0.717, 1.165) is 41.3 Å². The summed E-state index contributed by atoms with van der Waals surface area (Å²) in [6, 6.07) is 5.64. The highest BCUT2D eigenvalue weighted by Crippen LogP contribution is 2.25. The zero-order valence-corrected chi connectivity index (χ0v) is 11.9. The van der Waals surface area contributed by atoms with E-state index in [1.165, 1.54) is 0 Å². The van der Waals surface area contributed by atoms with E-state index in [4.69, 9.17) is 10.5 Å². The Morgan fingerprint density at radius 1 is 1.44 bits per heavy atom. The number of ketones is 1. The number of ether oxygens (including phenoxy) is 1. The Morgan fingerprint density at radius 2 is 2.22 bits per heavy atom. The minimum Gasteiger partial charge on any atom is -0.494 e. The minimum atomic E-state index is 0.0891. The van der Waals surface area contributed by atoms with Crippen LogP contribution in [0.4, 0.5) is 0 Å². The lowest BCUT2D eigenvalue weighted by molar-refractivity contribution is 0.101. The maximum absolute atomic E-state index is 11.4. The summed E-state index contributed by atoms with van der Waals surface area (Å²) in [6.45, 7) is 4.91. The zero-order chi connectivity index (χ0) is 13.4. The molecule has 0 atom stereocenters. The average Bonchev–Trinajstić information content (AvgIpc) is 2.36. The Kier molecular flexibility index (Phi) is 6.83. The van der Waals surface area contributed by atoms with Crippen molar-refractivity contribution in [3.63, 3.8) is 0 Å². The molecule has 0 saturated carbocycles. The summed E-state index contributed by atoms with van der Waals surface area (Å²) in [7, 11) is 0. The highest BCUT2D eigenvalue weighted by Gasteiger charge is 2.07. The quantitative estimate of drug-likeness (QED) is 0.581. The summed E-state index contributed by atoms with van der Waals surface area (Å²) < 4.78 is 5.58. The number of nitrogens with two attached hydrogens (primary N) is 1. The molecule has 0 heterocycles. The number of benzene rings is 1. The van der Waals surface area contributed by atoms with Gasteiger partial charge in [0.05, 0.1) is 6.61 Å². The van der Waals surface area contributed by atoms with Gasteiger partial charge in [-0.25, -0.2) is 0 Å². The second kappa shape index (κ2) is 8.16. The van der Waals surface area contributed by atoms with Crippen molar-refractivity contribution in [2.75, 3.05) is 18.9 Å². The van der Waals surface area contributed by atoms with E-state index in [2.05, 4.69) is 0 Å². The first-order valence-corrected chi connectivity index (χ1v) is 7.39. The highest BCUT2D eigenvalue weighted by atomic mass is 32.2. The van der Waals surface area contributed by atoms with Gasteiger partial charge in [-0.2, -0.15) is 11.8 Å². The summed E-state index contributed by atoms with van der Waals surface area (Å²) >= 11 is 1.82. The lowest BCUT2D eigenvalue weighted by atomic mass is 10.1. The van der Waals surface area contributed by atoms with Crippen LogP contribution in [0.5, 0.6) is 5.75 Å². The number of hydrogen-bond donors (Lipinski definition) is 1. The number of carbonyl (C=O) groups excluding carboxylic acids is 1. The zero-order valence-electron chi connectivity index (χ0n) is 11.1.